The van der Waals surface area contributed by atoms with Crippen LogP contribution in [-0.2, 0) is 22.5 Å². The Morgan fingerprint density at radius 2 is 2.21 bits per heavy atom. The van der Waals surface area contributed by atoms with Gasteiger partial charge < -0.3 is 9.64 Å². The first-order valence-electron chi connectivity index (χ1n) is 6.56. The zero-order valence-electron chi connectivity index (χ0n) is 11.5. The van der Waals surface area contributed by atoms with Crippen LogP contribution in [0.15, 0.2) is 0 Å². The molecule has 0 aromatic carbocycles. The molecule has 6 nitrogen and oxygen atoms in total. The van der Waals surface area contributed by atoms with E-state index in [9.17, 15) is 9.59 Å². The van der Waals surface area contributed by atoms with Crippen molar-refractivity contribution in [2.45, 2.75) is 33.7 Å². The summed E-state index contributed by atoms with van der Waals surface area (Å²) in [5, 5.41) is 6.88. The van der Waals surface area contributed by atoms with Crippen LogP contribution in [0.25, 0.3) is 0 Å². The average Bonchev–Trinajstić information content (AvgIpc) is 2.80. The van der Waals surface area contributed by atoms with Crippen LogP contribution in [0.2, 0.25) is 0 Å². The van der Waals surface area contributed by atoms with Crippen molar-refractivity contribution in [3.63, 3.8) is 0 Å². The summed E-state index contributed by atoms with van der Waals surface area (Å²) in [6, 6.07) is 0. The van der Waals surface area contributed by atoms with Crippen molar-refractivity contribution < 1.29 is 14.3 Å². The molecule has 0 radical (unpaired) electrons. The highest BCUT2D eigenvalue weighted by atomic mass is 16.5. The number of esters is 1. The van der Waals surface area contributed by atoms with Gasteiger partial charge in [-0.3, -0.25) is 9.89 Å². The van der Waals surface area contributed by atoms with E-state index in [4.69, 9.17) is 4.74 Å². The number of aromatic nitrogens is 2. The van der Waals surface area contributed by atoms with Crippen LogP contribution in [-0.4, -0.2) is 40.1 Å². The van der Waals surface area contributed by atoms with Gasteiger partial charge >= 0.3 is 5.97 Å². The van der Waals surface area contributed by atoms with E-state index in [1.807, 2.05) is 13.8 Å². The second kappa shape index (κ2) is 5.42. The molecule has 0 fully saturated rings. The standard InChI is InChI=1S/C13H19N3O3/c1-4-19-13(18)11-9-7-16(12(17)8(2)3)6-5-10(9)14-15-11/h8H,4-7H2,1-3H3,(H,14,15). The number of carbonyl (C=O) groups is 2. The fourth-order valence-corrected chi connectivity index (χ4v) is 2.22. The molecule has 1 aromatic heterocycles. The lowest BCUT2D eigenvalue weighted by Gasteiger charge is -2.28. The van der Waals surface area contributed by atoms with Crippen molar-refractivity contribution in [3.8, 4) is 0 Å². The average molecular weight is 265 g/mol. The number of carbonyl (C=O) groups excluding carboxylic acids is 2. The largest absolute Gasteiger partial charge is 0.461 e. The summed E-state index contributed by atoms with van der Waals surface area (Å²) >= 11 is 0. The highest BCUT2D eigenvalue weighted by Crippen LogP contribution is 2.22. The Kier molecular flexibility index (Phi) is 3.87. The molecule has 1 aromatic rings. The third-order valence-corrected chi connectivity index (χ3v) is 3.21. The molecule has 1 N–H and O–H groups in total. The number of hydrogen-bond acceptors (Lipinski definition) is 4. The minimum Gasteiger partial charge on any atom is -0.461 e. The van der Waals surface area contributed by atoms with Crippen molar-refractivity contribution in [2.75, 3.05) is 13.2 Å². The zero-order valence-corrected chi connectivity index (χ0v) is 11.5. The van der Waals surface area contributed by atoms with E-state index in [0.717, 1.165) is 11.3 Å². The zero-order chi connectivity index (χ0) is 14.0. The monoisotopic (exact) mass is 265 g/mol. The maximum Gasteiger partial charge on any atom is 0.359 e. The second-order valence-electron chi connectivity index (χ2n) is 4.91. The lowest BCUT2D eigenvalue weighted by atomic mass is 10.0. The Morgan fingerprint density at radius 3 is 2.84 bits per heavy atom. The maximum atomic E-state index is 12.0. The van der Waals surface area contributed by atoms with Gasteiger partial charge in [-0.2, -0.15) is 5.10 Å². The molecule has 0 atom stereocenters. The number of aromatic amines is 1. The summed E-state index contributed by atoms with van der Waals surface area (Å²) in [6.45, 7) is 6.91. The van der Waals surface area contributed by atoms with Gasteiger partial charge in [0.25, 0.3) is 0 Å². The van der Waals surface area contributed by atoms with Gasteiger partial charge in [0, 0.05) is 36.7 Å². The van der Waals surface area contributed by atoms with Gasteiger partial charge in [0.15, 0.2) is 5.69 Å². The molecule has 0 aliphatic carbocycles. The van der Waals surface area contributed by atoms with Crippen molar-refractivity contribution in [1.82, 2.24) is 15.1 Å². The van der Waals surface area contributed by atoms with Crippen molar-refractivity contribution >= 4 is 11.9 Å². The second-order valence-corrected chi connectivity index (χ2v) is 4.91. The van der Waals surface area contributed by atoms with E-state index in [-0.39, 0.29) is 11.8 Å². The Hall–Kier alpha value is -1.85. The highest BCUT2D eigenvalue weighted by Gasteiger charge is 2.29. The summed E-state index contributed by atoms with van der Waals surface area (Å²) in [5.74, 6) is -0.375. The number of hydrogen-bond donors (Lipinski definition) is 1. The van der Waals surface area contributed by atoms with E-state index < -0.39 is 5.97 Å². The molecule has 2 heterocycles. The van der Waals surface area contributed by atoms with Crippen molar-refractivity contribution in [2.24, 2.45) is 5.92 Å². The minimum atomic E-state index is -0.432. The molecule has 0 bridgehead atoms. The Bertz CT molecular complexity index is 493. The molecule has 104 valence electrons. The topological polar surface area (TPSA) is 75.3 Å². The molecular weight excluding hydrogens is 246 g/mol. The molecule has 2 rings (SSSR count). The molecule has 1 aliphatic rings. The molecule has 1 amide bonds. The van der Waals surface area contributed by atoms with Crippen molar-refractivity contribution in [1.29, 1.82) is 0 Å². The normalized spacial score (nSPS) is 14.4. The summed E-state index contributed by atoms with van der Waals surface area (Å²) in [6.07, 6.45) is 0.695. The maximum absolute atomic E-state index is 12.0. The van der Waals surface area contributed by atoms with Gasteiger partial charge in [-0.1, -0.05) is 13.8 Å². The number of rotatable bonds is 3. The van der Waals surface area contributed by atoms with E-state index in [1.165, 1.54) is 0 Å². The fourth-order valence-electron chi connectivity index (χ4n) is 2.22. The van der Waals surface area contributed by atoms with Crippen LogP contribution in [0.1, 0.15) is 42.5 Å². The minimum absolute atomic E-state index is 0.0421. The highest BCUT2D eigenvalue weighted by molar-refractivity contribution is 5.89. The number of nitrogens with zero attached hydrogens (tertiary/aromatic N) is 2. The molecule has 0 spiro atoms. The summed E-state index contributed by atoms with van der Waals surface area (Å²) < 4.78 is 4.97. The Labute approximate surface area is 112 Å². The molecule has 0 saturated carbocycles. The predicted molar refractivity (Wildman–Crippen MR) is 68.5 cm³/mol. The van der Waals surface area contributed by atoms with Crippen molar-refractivity contribution in [3.05, 3.63) is 17.0 Å². The van der Waals surface area contributed by atoms with E-state index in [1.54, 1.807) is 11.8 Å². The first-order chi connectivity index (χ1) is 9.04. The van der Waals surface area contributed by atoms with Crippen LogP contribution >= 0.6 is 0 Å². The van der Waals surface area contributed by atoms with E-state index in [2.05, 4.69) is 10.2 Å². The molecule has 1 aliphatic heterocycles. The fraction of sp³-hybridized carbons (Fsp3) is 0.615. The van der Waals surface area contributed by atoms with Gasteiger partial charge in [0.05, 0.1) is 6.61 Å². The third kappa shape index (κ3) is 2.62. The van der Waals surface area contributed by atoms with Gasteiger partial charge in [-0.15, -0.1) is 0 Å². The first-order valence-corrected chi connectivity index (χ1v) is 6.56. The van der Waals surface area contributed by atoms with Gasteiger partial charge in [0.1, 0.15) is 0 Å². The number of ether oxygens (including phenoxy) is 1. The van der Waals surface area contributed by atoms with Gasteiger partial charge in [-0.25, -0.2) is 4.79 Å². The van der Waals surface area contributed by atoms with Crippen LogP contribution in [0.5, 0.6) is 0 Å². The van der Waals surface area contributed by atoms with Crippen LogP contribution in [0.4, 0.5) is 0 Å². The molecule has 6 heteroatoms. The van der Waals surface area contributed by atoms with Crippen LogP contribution in [0, 0.1) is 5.92 Å². The number of fused-ring (bicyclic) bond motifs is 1. The molecule has 19 heavy (non-hydrogen) atoms. The smallest absolute Gasteiger partial charge is 0.359 e. The SMILES string of the molecule is CCOC(=O)c1n[nH]c2c1CN(C(=O)C(C)C)CC2. The lowest BCUT2D eigenvalue weighted by molar-refractivity contribution is -0.135. The van der Waals surface area contributed by atoms with E-state index in [0.29, 0.717) is 31.8 Å². The summed E-state index contributed by atoms with van der Waals surface area (Å²) in [4.78, 5) is 25.6. The number of nitrogens with one attached hydrogen (secondary N) is 1. The Morgan fingerprint density at radius 1 is 1.47 bits per heavy atom. The quantitative estimate of drug-likeness (QED) is 0.831. The predicted octanol–water partition coefficient (Wildman–Crippen LogP) is 1.13. The molecule has 0 unspecified atom stereocenters. The Balaban J connectivity index is 2.21. The molecule has 0 saturated heterocycles. The lowest BCUT2D eigenvalue weighted by Crippen LogP contribution is -2.38. The number of amides is 1. The van der Waals surface area contributed by atoms with E-state index >= 15 is 0 Å². The van der Waals surface area contributed by atoms with Crippen LogP contribution < -0.4 is 0 Å². The number of H-pyrrole nitrogens is 1. The summed E-state index contributed by atoms with van der Waals surface area (Å²) in [5.41, 5.74) is 2.02. The summed E-state index contributed by atoms with van der Waals surface area (Å²) in [7, 11) is 0. The van der Waals surface area contributed by atoms with Gasteiger partial charge in [-0.05, 0) is 6.92 Å². The molecular formula is C13H19N3O3. The first kappa shape index (κ1) is 13.6. The third-order valence-electron chi connectivity index (χ3n) is 3.21. The van der Waals surface area contributed by atoms with Crippen LogP contribution in [0.3, 0.4) is 0 Å². The van der Waals surface area contributed by atoms with Gasteiger partial charge in [0.2, 0.25) is 5.91 Å².